The Balaban J connectivity index is 2.49. The smallest absolute Gasteiger partial charge is 0.0653 e. The fraction of sp³-hybridized carbons (Fsp3) is 1.00. The maximum Gasteiger partial charge on any atom is 0.0653 e. The van der Waals surface area contributed by atoms with Crippen LogP contribution in [0, 0.1) is 17.8 Å². The van der Waals surface area contributed by atoms with Crippen molar-refractivity contribution in [1.82, 2.24) is 0 Å². The Bertz CT molecular complexity index is 134. The van der Waals surface area contributed by atoms with Crippen molar-refractivity contribution in [2.75, 3.05) is 13.2 Å². The van der Waals surface area contributed by atoms with Crippen LogP contribution in [-0.2, 0) is 4.74 Å². The highest BCUT2D eigenvalue weighted by Gasteiger charge is 2.33. The van der Waals surface area contributed by atoms with Crippen LogP contribution in [0.2, 0.25) is 0 Å². The Morgan fingerprint density at radius 2 is 2.08 bits per heavy atom. The summed E-state index contributed by atoms with van der Waals surface area (Å²) in [6.07, 6.45) is 1.31. The van der Waals surface area contributed by atoms with Gasteiger partial charge in [-0.25, -0.2) is 0 Å². The first-order chi connectivity index (χ1) is 5.66. The maximum absolute atomic E-state index is 9.09. The first kappa shape index (κ1) is 10.0. The third-order valence-corrected chi connectivity index (χ3v) is 3.07. The normalized spacial score (nSPS) is 32.8. The van der Waals surface area contributed by atoms with Crippen molar-refractivity contribution in [3.05, 3.63) is 0 Å². The lowest BCUT2D eigenvalue weighted by Crippen LogP contribution is -2.29. The van der Waals surface area contributed by atoms with Crippen molar-refractivity contribution in [3.63, 3.8) is 0 Å². The Hall–Kier alpha value is -0.0800. The van der Waals surface area contributed by atoms with Crippen molar-refractivity contribution in [3.8, 4) is 0 Å². The van der Waals surface area contributed by atoms with Crippen molar-refractivity contribution in [2.45, 2.75) is 33.3 Å². The minimum Gasteiger partial charge on any atom is -0.396 e. The number of hydrogen-bond acceptors (Lipinski definition) is 2. The topological polar surface area (TPSA) is 29.5 Å². The van der Waals surface area contributed by atoms with Gasteiger partial charge in [0.15, 0.2) is 0 Å². The average Bonchev–Trinajstić information content (AvgIpc) is 2.49. The van der Waals surface area contributed by atoms with Gasteiger partial charge in [0.2, 0.25) is 0 Å². The van der Waals surface area contributed by atoms with Crippen molar-refractivity contribution < 1.29 is 9.84 Å². The predicted molar refractivity (Wildman–Crippen MR) is 48.9 cm³/mol. The zero-order chi connectivity index (χ0) is 9.14. The van der Waals surface area contributed by atoms with E-state index in [-0.39, 0.29) is 12.7 Å². The average molecular weight is 172 g/mol. The predicted octanol–water partition coefficient (Wildman–Crippen LogP) is 1.68. The van der Waals surface area contributed by atoms with Gasteiger partial charge in [-0.3, -0.25) is 0 Å². The third-order valence-electron chi connectivity index (χ3n) is 3.07. The zero-order valence-corrected chi connectivity index (χ0v) is 8.29. The Labute approximate surface area is 74.9 Å². The van der Waals surface area contributed by atoms with Crippen LogP contribution in [0.25, 0.3) is 0 Å². The summed E-state index contributed by atoms with van der Waals surface area (Å²) in [6.45, 7) is 7.74. The molecule has 3 unspecified atom stereocenters. The molecule has 1 rings (SSSR count). The molecule has 3 atom stereocenters. The summed E-state index contributed by atoms with van der Waals surface area (Å²) in [4.78, 5) is 0. The van der Waals surface area contributed by atoms with Gasteiger partial charge in [0.05, 0.1) is 6.10 Å². The molecule has 0 spiro atoms. The standard InChI is InChI=1S/C10H20O2/c1-7(2)8(3)10-9(6-11)4-5-12-10/h7-11H,4-6H2,1-3H3. The molecule has 2 nitrogen and oxygen atoms in total. The highest BCUT2D eigenvalue weighted by Crippen LogP contribution is 2.30. The molecule has 0 aromatic heterocycles. The van der Waals surface area contributed by atoms with Crippen LogP contribution in [-0.4, -0.2) is 24.4 Å². The van der Waals surface area contributed by atoms with Gasteiger partial charge in [-0.2, -0.15) is 0 Å². The van der Waals surface area contributed by atoms with Gasteiger partial charge in [0, 0.05) is 19.1 Å². The number of ether oxygens (including phenoxy) is 1. The van der Waals surface area contributed by atoms with Crippen LogP contribution >= 0.6 is 0 Å². The molecule has 0 radical (unpaired) electrons. The Kier molecular flexibility index (Phi) is 3.53. The maximum atomic E-state index is 9.09. The number of hydrogen-bond donors (Lipinski definition) is 1. The second-order valence-corrected chi connectivity index (χ2v) is 4.17. The van der Waals surface area contributed by atoms with Gasteiger partial charge < -0.3 is 9.84 Å². The highest BCUT2D eigenvalue weighted by atomic mass is 16.5. The molecule has 0 aromatic rings. The van der Waals surface area contributed by atoms with Crippen LogP contribution in [0.3, 0.4) is 0 Å². The molecule has 12 heavy (non-hydrogen) atoms. The fourth-order valence-corrected chi connectivity index (χ4v) is 1.81. The number of rotatable bonds is 3. The summed E-state index contributed by atoms with van der Waals surface area (Å²) < 4.78 is 5.62. The second-order valence-electron chi connectivity index (χ2n) is 4.17. The van der Waals surface area contributed by atoms with E-state index in [0.717, 1.165) is 13.0 Å². The second kappa shape index (κ2) is 4.24. The van der Waals surface area contributed by atoms with E-state index < -0.39 is 0 Å². The van der Waals surface area contributed by atoms with E-state index in [0.29, 0.717) is 17.8 Å². The molecule has 1 aliphatic heterocycles. The van der Waals surface area contributed by atoms with E-state index in [2.05, 4.69) is 20.8 Å². The van der Waals surface area contributed by atoms with Gasteiger partial charge in [-0.1, -0.05) is 20.8 Å². The molecule has 0 aliphatic carbocycles. The number of aliphatic hydroxyl groups is 1. The summed E-state index contributed by atoms with van der Waals surface area (Å²) in [7, 11) is 0. The van der Waals surface area contributed by atoms with Crippen LogP contribution in [0.1, 0.15) is 27.2 Å². The van der Waals surface area contributed by atoms with Crippen molar-refractivity contribution in [2.24, 2.45) is 17.8 Å². The molecule has 1 fully saturated rings. The van der Waals surface area contributed by atoms with Crippen LogP contribution in [0.5, 0.6) is 0 Å². The highest BCUT2D eigenvalue weighted by molar-refractivity contribution is 4.81. The molecule has 72 valence electrons. The molecule has 0 aromatic carbocycles. The first-order valence-electron chi connectivity index (χ1n) is 4.89. The van der Waals surface area contributed by atoms with Crippen LogP contribution < -0.4 is 0 Å². The molecule has 0 amide bonds. The fourth-order valence-electron chi connectivity index (χ4n) is 1.81. The van der Waals surface area contributed by atoms with Crippen LogP contribution in [0.15, 0.2) is 0 Å². The monoisotopic (exact) mass is 172 g/mol. The van der Waals surface area contributed by atoms with Gasteiger partial charge in [0.25, 0.3) is 0 Å². The molecule has 1 aliphatic rings. The van der Waals surface area contributed by atoms with E-state index in [1.165, 1.54) is 0 Å². The van der Waals surface area contributed by atoms with E-state index in [1.807, 2.05) is 0 Å². The zero-order valence-electron chi connectivity index (χ0n) is 8.29. The van der Waals surface area contributed by atoms with Gasteiger partial charge in [-0.05, 0) is 18.3 Å². The summed E-state index contributed by atoms with van der Waals surface area (Å²) >= 11 is 0. The SMILES string of the molecule is CC(C)C(C)C1OCCC1CO. The molecular formula is C10H20O2. The van der Waals surface area contributed by atoms with E-state index in [4.69, 9.17) is 9.84 Å². The van der Waals surface area contributed by atoms with Crippen LogP contribution in [0.4, 0.5) is 0 Å². The summed E-state index contributed by atoms with van der Waals surface area (Å²) in [5, 5.41) is 9.09. The van der Waals surface area contributed by atoms with Gasteiger partial charge in [0.1, 0.15) is 0 Å². The van der Waals surface area contributed by atoms with E-state index >= 15 is 0 Å². The molecule has 2 heteroatoms. The summed E-state index contributed by atoms with van der Waals surface area (Å²) in [6, 6.07) is 0. The van der Waals surface area contributed by atoms with E-state index in [9.17, 15) is 0 Å². The van der Waals surface area contributed by atoms with Crippen molar-refractivity contribution >= 4 is 0 Å². The lowest BCUT2D eigenvalue weighted by Gasteiger charge is -2.26. The molecular weight excluding hydrogens is 152 g/mol. The number of aliphatic hydroxyl groups excluding tert-OH is 1. The molecule has 1 heterocycles. The van der Waals surface area contributed by atoms with Gasteiger partial charge >= 0.3 is 0 Å². The minimum absolute atomic E-state index is 0.279. The third kappa shape index (κ3) is 1.99. The quantitative estimate of drug-likeness (QED) is 0.701. The van der Waals surface area contributed by atoms with E-state index in [1.54, 1.807) is 0 Å². The lowest BCUT2D eigenvalue weighted by molar-refractivity contribution is 0.0178. The minimum atomic E-state index is 0.279. The molecule has 1 saturated heterocycles. The first-order valence-corrected chi connectivity index (χ1v) is 4.89. The largest absolute Gasteiger partial charge is 0.396 e. The summed E-state index contributed by atoms with van der Waals surface area (Å²) in [5.74, 6) is 1.58. The summed E-state index contributed by atoms with van der Waals surface area (Å²) in [5.41, 5.74) is 0. The Morgan fingerprint density at radius 3 is 2.58 bits per heavy atom. The lowest BCUT2D eigenvalue weighted by atomic mass is 9.85. The van der Waals surface area contributed by atoms with Crippen molar-refractivity contribution in [1.29, 1.82) is 0 Å². The Morgan fingerprint density at radius 1 is 1.42 bits per heavy atom. The molecule has 1 N–H and O–H groups in total. The molecule has 0 saturated carbocycles. The van der Waals surface area contributed by atoms with Gasteiger partial charge in [-0.15, -0.1) is 0 Å². The molecule has 0 bridgehead atoms.